The van der Waals surface area contributed by atoms with Gasteiger partial charge in [0.2, 0.25) is 0 Å². The van der Waals surface area contributed by atoms with Gasteiger partial charge in [0.05, 0.1) is 11.8 Å². The number of aromatic nitrogens is 2. The Kier molecular flexibility index (Phi) is 4.54. The Morgan fingerprint density at radius 3 is 2.82 bits per heavy atom. The minimum Gasteiger partial charge on any atom is -0.337 e. The number of nitrogens with zero attached hydrogens (tertiary/aromatic N) is 3. The first-order valence-electron chi connectivity index (χ1n) is 5.63. The first-order valence-corrected chi connectivity index (χ1v) is 5.63. The van der Waals surface area contributed by atoms with Crippen LogP contribution in [0.2, 0.25) is 0 Å². The van der Waals surface area contributed by atoms with Gasteiger partial charge in [-0.05, 0) is 19.8 Å². The van der Waals surface area contributed by atoms with Crippen LogP contribution in [0.4, 0.5) is 0 Å². The molecule has 0 saturated carbocycles. The Morgan fingerprint density at radius 2 is 2.29 bits per heavy atom. The number of hydrogen-bond donors (Lipinski definition) is 1. The first kappa shape index (κ1) is 14.0. The van der Waals surface area contributed by atoms with E-state index in [0.717, 1.165) is 25.1 Å². The summed E-state index contributed by atoms with van der Waals surface area (Å²) in [4.78, 5) is 14.0. The molecular formula is C11H19ClN4O. The van der Waals surface area contributed by atoms with Crippen LogP contribution in [-0.4, -0.2) is 39.7 Å². The molecule has 2 heterocycles. The molecule has 5 nitrogen and oxygen atoms in total. The summed E-state index contributed by atoms with van der Waals surface area (Å²) in [6.45, 7) is 3.37. The van der Waals surface area contributed by atoms with Crippen LogP contribution in [0.1, 0.15) is 28.9 Å². The topological polar surface area (TPSA) is 64.2 Å². The van der Waals surface area contributed by atoms with Crippen molar-refractivity contribution in [1.29, 1.82) is 0 Å². The SMILES string of the molecule is Cc1c(C(=O)N2CCCC(N)C2)cnn1C.Cl. The van der Waals surface area contributed by atoms with E-state index < -0.39 is 0 Å². The number of rotatable bonds is 1. The molecule has 6 heteroatoms. The van der Waals surface area contributed by atoms with Gasteiger partial charge in [0, 0.05) is 31.9 Å². The molecule has 1 amide bonds. The summed E-state index contributed by atoms with van der Waals surface area (Å²) in [5.74, 6) is 0.0563. The van der Waals surface area contributed by atoms with Crippen molar-refractivity contribution in [2.45, 2.75) is 25.8 Å². The van der Waals surface area contributed by atoms with Gasteiger partial charge in [-0.3, -0.25) is 9.48 Å². The van der Waals surface area contributed by atoms with Crippen molar-refractivity contribution < 1.29 is 4.79 Å². The van der Waals surface area contributed by atoms with E-state index in [1.807, 2.05) is 18.9 Å². The molecule has 0 radical (unpaired) electrons. The average Bonchev–Trinajstić information content (AvgIpc) is 2.59. The quantitative estimate of drug-likeness (QED) is 0.807. The highest BCUT2D eigenvalue weighted by Crippen LogP contribution is 2.14. The molecule has 1 aromatic rings. The number of carbonyl (C=O) groups is 1. The van der Waals surface area contributed by atoms with Crippen LogP contribution in [-0.2, 0) is 7.05 Å². The van der Waals surface area contributed by atoms with Crippen LogP contribution in [0.25, 0.3) is 0 Å². The Labute approximate surface area is 107 Å². The minimum absolute atomic E-state index is 0. The molecule has 2 rings (SSSR count). The van der Waals surface area contributed by atoms with Gasteiger partial charge in [-0.15, -0.1) is 12.4 Å². The molecule has 0 spiro atoms. The highest BCUT2D eigenvalue weighted by molar-refractivity contribution is 5.95. The molecule has 1 saturated heterocycles. The normalized spacial score (nSPS) is 19.9. The summed E-state index contributed by atoms with van der Waals surface area (Å²) in [5.41, 5.74) is 7.47. The van der Waals surface area contributed by atoms with E-state index >= 15 is 0 Å². The third-order valence-electron chi connectivity index (χ3n) is 3.21. The standard InChI is InChI=1S/C11H18N4O.ClH/c1-8-10(6-13-14(8)2)11(16)15-5-3-4-9(12)7-15;/h6,9H,3-5,7,12H2,1-2H3;1H. The summed E-state index contributed by atoms with van der Waals surface area (Å²) in [6, 6.07) is 0.120. The first-order chi connectivity index (χ1) is 7.59. The fourth-order valence-electron chi connectivity index (χ4n) is 2.07. The van der Waals surface area contributed by atoms with Crippen molar-refractivity contribution in [3.05, 3.63) is 17.5 Å². The van der Waals surface area contributed by atoms with Crippen LogP contribution >= 0.6 is 12.4 Å². The lowest BCUT2D eigenvalue weighted by Gasteiger charge is -2.30. The molecule has 2 N–H and O–H groups in total. The van der Waals surface area contributed by atoms with Crippen molar-refractivity contribution in [3.8, 4) is 0 Å². The van der Waals surface area contributed by atoms with E-state index in [2.05, 4.69) is 5.10 Å². The van der Waals surface area contributed by atoms with Gasteiger partial charge >= 0.3 is 0 Å². The van der Waals surface area contributed by atoms with Gasteiger partial charge in [0.25, 0.3) is 5.91 Å². The van der Waals surface area contributed by atoms with Crippen LogP contribution in [0.5, 0.6) is 0 Å². The van der Waals surface area contributed by atoms with Crippen LogP contribution in [0.3, 0.4) is 0 Å². The van der Waals surface area contributed by atoms with Crippen molar-refractivity contribution in [3.63, 3.8) is 0 Å². The molecular weight excluding hydrogens is 240 g/mol. The zero-order valence-corrected chi connectivity index (χ0v) is 11.0. The van der Waals surface area contributed by atoms with E-state index in [1.165, 1.54) is 0 Å². The smallest absolute Gasteiger partial charge is 0.257 e. The number of halogens is 1. The third-order valence-corrected chi connectivity index (χ3v) is 3.21. The molecule has 17 heavy (non-hydrogen) atoms. The van der Waals surface area contributed by atoms with Crippen LogP contribution in [0.15, 0.2) is 6.20 Å². The second-order valence-corrected chi connectivity index (χ2v) is 4.42. The lowest BCUT2D eigenvalue weighted by molar-refractivity contribution is 0.0708. The summed E-state index contributed by atoms with van der Waals surface area (Å²) < 4.78 is 1.72. The number of amides is 1. The highest BCUT2D eigenvalue weighted by Gasteiger charge is 2.24. The maximum absolute atomic E-state index is 12.2. The number of piperidine rings is 1. The van der Waals surface area contributed by atoms with Gasteiger partial charge < -0.3 is 10.6 Å². The Balaban J connectivity index is 0.00000144. The molecule has 0 aromatic carbocycles. The summed E-state index contributed by atoms with van der Waals surface area (Å²) in [5, 5.41) is 4.09. The maximum atomic E-state index is 12.2. The Bertz CT molecular complexity index is 404. The van der Waals surface area contributed by atoms with Crippen molar-refractivity contribution >= 4 is 18.3 Å². The van der Waals surface area contributed by atoms with Crippen LogP contribution < -0.4 is 5.73 Å². The molecule has 1 aliphatic rings. The predicted molar refractivity (Wildman–Crippen MR) is 68.3 cm³/mol. The Hall–Kier alpha value is -1.07. The third kappa shape index (κ3) is 2.79. The highest BCUT2D eigenvalue weighted by atomic mass is 35.5. The van der Waals surface area contributed by atoms with Gasteiger partial charge in [-0.25, -0.2) is 0 Å². The lowest BCUT2D eigenvalue weighted by atomic mass is 10.1. The van der Waals surface area contributed by atoms with Crippen molar-refractivity contribution in [2.24, 2.45) is 12.8 Å². The van der Waals surface area contributed by atoms with Crippen molar-refractivity contribution in [1.82, 2.24) is 14.7 Å². The van der Waals surface area contributed by atoms with E-state index in [0.29, 0.717) is 12.1 Å². The summed E-state index contributed by atoms with van der Waals surface area (Å²) in [7, 11) is 1.84. The van der Waals surface area contributed by atoms with E-state index in [9.17, 15) is 4.79 Å². The van der Waals surface area contributed by atoms with Gasteiger partial charge in [-0.2, -0.15) is 5.10 Å². The van der Waals surface area contributed by atoms with E-state index in [1.54, 1.807) is 10.9 Å². The lowest BCUT2D eigenvalue weighted by Crippen LogP contribution is -2.45. The zero-order chi connectivity index (χ0) is 11.7. The maximum Gasteiger partial charge on any atom is 0.257 e. The molecule has 1 aliphatic heterocycles. The molecule has 0 bridgehead atoms. The fraction of sp³-hybridized carbons (Fsp3) is 0.636. The molecule has 1 atom stereocenters. The molecule has 1 unspecified atom stereocenters. The number of likely N-dealkylation sites (tertiary alicyclic amines) is 1. The Morgan fingerprint density at radius 1 is 1.59 bits per heavy atom. The average molecular weight is 259 g/mol. The van der Waals surface area contributed by atoms with Crippen LogP contribution in [0, 0.1) is 6.92 Å². The van der Waals surface area contributed by atoms with E-state index in [4.69, 9.17) is 5.73 Å². The van der Waals surface area contributed by atoms with Gasteiger partial charge in [0.15, 0.2) is 0 Å². The zero-order valence-electron chi connectivity index (χ0n) is 10.2. The molecule has 0 aliphatic carbocycles. The minimum atomic E-state index is 0. The molecule has 1 fully saturated rings. The van der Waals surface area contributed by atoms with Gasteiger partial charge in [0.1, 0.15) is 0 Å². The fourth-order valence-corrected chi connectivity index (χ4v) is 2.07. The monoisotopic (exact) mass is 258 g/mol. The predicted octanol–water partition coefficient (Wildman–Crippen LogP) is 0.714. The largest absolute Gasteiger partial charge is 0.337 e. The second kappa shape index (κ2) is 5.51. The second-order valence-electron chi connectivity index (χ2n) is 4.42. The number of nitrogens with two attached hydrogens (primary N) is 1. The number of aryl methyl sites for hydroxylation is 1. The number of carbonyl (C=O) groups excluding carboxylic acids is 1. The molecule has 96 valence electrons. The van der Waals surface area contributed by atoms with Gasteiger partial charge in [-0.1, -0.05) is 0 Å². The molecule has 1 aromatic heterocycles. The van der Waals surface area contributed by atoms with E-state index in [-0.39, 0.29) is 24.4 Å². The summed E-state index contributed by atoms with van der Waals surface area (Å²) >= 11 is 0. The summed E-state index contributed by atoms with van der Waals surface area (Å²) in [6.07, 6.45) is 3.64. The number of hydrogen-bond acceptors (Lipinski definition) is 3. The van der Waals surface area contributed by atoms with Crippen molar-refractivity contribution in [2.75, 3.05) is 13.1 Å².